The van der Waals surface area contributed by atoms with Crippen LogP contribution in [0.5, 0.6) is 11.5 Å². The molecule has 0 saturated heterocycles. The van der Waals surface area contributed by atoms with E-state index in [-0.39, 0.29) is 18.2 Å². The molecular weight excluding hydrogens is 380 g/mol. The Labute approximate surface area is 165 Å². The number of rotatable bonds is 6. The van der Waals surface area contributed by atoms with Crippen LogP contribution in [0.1, 0.15) is 12.5 Å². The number of methoxy groups -OCH3 is 1. The van der Waals surface area contributed by atoms with Crippen LogP contribution in [0.2, 0.25) is 0 Å². The van der Waals surface area contributed by atoms with E-state index < -0.39 is 16.1 Å². The molecule has 0 aliphatic carbocycles. The summed E-state index contributed by atoms with van der Waals surface area (Å²) >= 11 is 0. The van der Waals surface area contributed by atoms with Gasteiger partial charge in [0.15, 0.2) is 6.10 Å². The molecule has 1 atom stereocenters. The van der Waals surface area contributed by atoms with Crippen LogP contribution in [-0.4, -0.2) is 51.8 Å². The quantitative estimate of drug-likeness (QED) is 0.738. The average molecular weight is 404 g/mol. The van der Waals surface area contributed by atoms with Gasteiger partial charge >= 0.3 is 0 Å². The average Bonchev–Trinajstić information content (AvgIpc) is 2.72. The van der Waals surface area contributed by atoms with E-state index in [1.54, 1.807) is 45.3 Å². The van der Waals surface area contributed by atoms with Gasteiger partial charge in [-0.2, -0.15) is 0 Å². The van der Waals surface area contributed by atoms with Gasteiger partial charge in [-0.05, 0) is 25.1 Å². The van der Waals surface area contributed by atoms with Crippen LogP contribution >= 0.6 is 0 Å². The molecule has 1 heterocycles. The zero-order valence-electron chi connectivity index (χ0n) is 16.2. The minimum atomic E-state index is -3.53. The van der Waals surface area contributed by atoms with Gasteiger partial charge in [0.05, 0.1) is 25.1 Å². The minimum Gasteiger partial charge on any atom is -0.496 e. The molecule has 0 spiro atoms. The lowest BCUT2D eigenvalue weighted by Crippen LogP contribution is -2.51. The van der Waals surface area contributed by atoms with Gasteiger partial charge in [0.25, 0.3) is 5.91 Å². The van der Waals surface area contributed by atoms with Crippen LogP contribution in [0, 0.1) is 0 Å². The lowest BCUT2D eigenvalue weighted by Gasteiger charge is -2.36. The van der Waals surface area contributed by atoms with Crippen molar-refractivity contribution in [2.45, 2.75) is 19.6 Å². The van der Waals surface area contributed by atoms with E-state index in [9.17, 15) is 13.2 Å². The number of fused-ring (bicyclic) bond motifs is 1. The highest BCUT2D eigenvalue weighted by Gasteiger charge is 2.37. The third kappa shape index (κ3) is 3.91. The van der Waals surface area contributed by atoms with Gasteiger partial charge in [0.2, 0.25) is 10.0 Å². The van der Waals surface area contributed by atoms with Crippen molar-refractivity contribution < 1.29 is 22.7 Å². The topological polar surface area (TPSA) is 76.2 Å². The smallest absolute Gasteiger partial charge is 0.265 e. The molecule has 0 bridgehead atoms. The number of ether oxygens (including phenoxy) is 2. The molecule has 2 aromatic carbocycles. The van der Waals surface area contributed by atoms with Crippen molar-refractivity contribution in [2.75, 3.05) is 30.8 Å². The summed E-state index contributed by atoms with van der Waals surface area (Å²) in [6, 6.07) is 14.3. The highest BCUT2D eigenvalue weighted by atomic mass is 32.2. The Bertz CT molecular complexity index is 961. The fourth-order valence-corrected chi connectivity index (χ4v) is 4.29. The van der Waals surface area contributed by atoms with Crippen molar-refractivity contribution >= 4 is 21.6 Å². The van der Waals surface area contributed by atoms with Gasteiger partial charge in [-0.1, -0.05) is 30.3 Å². The maximum absolute atomic E-state index is 13.0. The molecule has 3 rings (SSSR count). The summed E-state index contributed by atoms with van der Waals surface area (Å²) in [5.74, 6) is 0.720. The number of amides is 1. The van der Waals surface area contributed by atoms with Crippen LogP contribution in [0.3, 0.4) is 0 Å². The monoisotopic (exact) mass is 404 g/mol. The van der Waals surface area contributed by atoms with Crippen molar-refractivity contribution in [1.82, 2.24) is 4.90 Å². The Morgan fingerprint density at radius 1 is 1.21 bits per heavy atom. The summed E-state index contributed by atoms with van der Waals surface area (Å²) in [6.45, 7) is 1.85. The molecule has 8 heteroatoms. The molecule has 0 saturated carbocycles. The number of anilines is 1. The normalized spacial score (nSPS) is 16.1. The van der Waals surface area contributed by atoms with E-state index in [0.717, 1.165) is 5.56 Å². The molecule has 7 nitrogen and oxygen atoms in total. The second-order valence-corrected chi connectivity index (χ2v) is 8.69. The Kier molecular flexibility index (Phi) is 5.79. The van der Waals surface area contributed by atoms with Gasteiger partial charge in [0, 0.05) is 19.2 Å². The number of likely N-dealkylation sites (N-methyl/N-ethyl adjacent to an activating group) is 1. The summed E-state index contributed by atoms with van der Waals surface area (Å²) in [4.78, 5) is 14.5. The molecule has 1 aliphatic rings. The minimum absolute atomic E-state index is 0.0533. The summed E-state index contributed by atoms with van der Waals surface area (Å²) < 4.78 is 37.6. The number of carbonyl (C=O) groups excluding carboxylic acids is 1. The highest BCUT2D eigenvalue weighted by molar-refractivity contribution is 7.92. The predicted molar refractivity (Wildman–Crippen MR) is 107 cm³/mol. The lowest BCUT2D eigenvalue weighted by atomic mass is 10.1. The second kappa shape index (κ2) is 8.10. The summed E-state index contributed by atoms with van der Waals surface area (Å²) in [6.07, 6.45) is -0.920. The molecule has 1 amide bonds. The summed E-state index contributed by atoms with van der Waals surface area (Å²) in [5, 5.41) is 0. The molecule has 0 unspecified atom stereocenters. The first kappa shape index (κ1) is 20.0. The van der Waals surface area contributed by atoms with Gasteiger partial charge in [-0.25, -0.2) is 8.42 Å². The Hall–Kier alpha value is -2.74. The fourth-order valence-electron chi connectivity index (χ4n) is 3.16. The fraction of sp³-hybridized carbons (Fsp3) is 0.350. The standard InChI is InChI=1S/C20H24N2O5S/c1-4-28(24,25)22-14-19(27-18-12-8-6-10-16(18)22)20(23)21(2)13-15-9-5-7-11-17(15)26-3/h5-12,19H,4,13-14H2,1-3H3/t19-/m0/s1. The number of benzene rings is 2. The molecular formula is C20H24N2O5S. The van der Waals surface area contributed by atoms with Crippen LogP contribution in [0.4, 0.5) is 5.69 Å². The Morgan fingerprint density at radius 2 is 1.89 bits per heavy atom. The Balaban J connectivity index is 1.84. The SMILES string of the molecule is CCS(=O)(=O)N1C[C@@H](C(=O)N(C)Cc2ccccc2OC)Oc2ccccc21. The predicted octanol–water partition coefficient (Wildman–Crippen LogP) is 2.27. The van der Waals surface area contributed by atoms with Gasteiger partial charge in [-0.3, -0.25) is 9.10 Å². The number of para-hydroxylation sites is 3. The van der Waals surface area contributed by atoms with E-state index in [0.29, 0.717) is 23.7 Å². The zero-order valence-corrected chi connectivity index (χ0v) is 17.0. The third-order valence-electron chi connectivity index (χ3n) is 4.69. The largest absolute Gasteiger partial charge is 0.496 e. The molecule has 1 aliphatic heterocycles. The first-order chi connectivity index (χ1) is 13.4. The first-order valence-electron chi connectivity index (χ1n) is 9.00. The first-order valence-corrected chi connectivity index (χ1v) is 10.6. The van der Waals surface area contributed by atoms with Crippen LogP contribution in [-0.2, 0) is 21.4 Å². The molecule has 0 aromatic heterocycles. The molecule has 0 fully saturated rings. The van der Waals surface area contributed by atoms with E-state index in [1.807, 2.05) is 24.3 Å². The van der Waals surface area contributed by atoms with Crippen molar-refractivity contribution in [2.24, 2.45) is 0 Å². The molecule has 150 valence electrons. The molecule has 28 heavy (non-hydrogen) atoms. The van der Waals surface area contributed by atoms with Gasteiger partial charge in [0.1, 0.15) is 11.5 Å². The van der Waals surface area contributed by atoms with E-state index >= 15 is 0 Å². The molecule has 0 radical (unpaired) electrons. The number of carbonyl (C=O) groups is 1. The zero-order chi connectivity index (χ0) is 20.3. The van der Waals surface area contributed by atoms with Crippen LogP contribution in [0.25, 0.3) is 0 Å². The highest BCUT2D eigenvalue weighted by Crippen LogP contribution is 2.35. The number of hydrogen-bond acceptors (Lipinski definition) is 5. The van der Waals surface area contributed by atoms with E-state index in [2.05, 4.69) is 0 Å². The van der Waals surface area contributed by atoms with Crippen LogP contribution in [0.15, 0.2) is 48.5 Å². The van der Waals surface area contributed by atoms with Gasteiger partial charge < -0.3 is 14.4 Å². The number of sulfonamides is 1. The number of nitrogens with zero attached hydrogens (tertiary/aromatic N) is 2. The second-order valence-electron chi connectivity index (χ2n) is 6.51. The Morgan fingerprint density at radius 3 is 2.61 bits per heavy atom. The van der Waals surface area contributed by atoms with Crippen molar-refractivity contribution in [3.05, 3.63) is 54.1 Å². The van der Waals surface area contributed by atoms with E-state index in [4.69, 9.17) is 9.47 Å². The summed E-state index contributed by atoms with van der Waals surface area (Å²) in [7, 11) is -0.291. The van der Waals surface area contributed by atoms with E-state index in [1.165, 1.54) is 9.21 Å². The van der Waals surface area contributed by atoms with Crippen molar-refractivity contribution in [1.29, 1.82) is 0 Å². The van der Waals surface area contributed by atoms with Crippen molar-refractivity contribution in [3.8, 4) is 11.5 Å². The number of hydrogen-bond donors (Lipinski definition) is 0. The van der Waals surface area contributed by atoms with Gasteiger partial charge in [-0.15, -0.1) is 0 Å². The molecule has 0 N–H and O–H groups in total. The van der Waals surface area contributed by atoms with Crippen LogP contribution < -0.4 is 13.8 Å². The van der Waals surface area contributed by atoms with Crippen molar-refractivity contribution in [3.63, 3.8) is 0 Å². The molecule has 2 aromatic rings. The third-order valence-corrected chi connectivity index (χ3v) is 6.43. The maximum atomic E-state index is 13.0. The summed E-state index contributed by atoms with van der Waals surface area (Å²) in [5.41, 5.74) is 1.32. The maximum Gasteiger partial charge on any atom is 0.265 e. The lowest BCUT2D eigenvalue weighted by molar-refractivity contribution is -0.137.